The summed E-state index contributed by atoms with van der Waals surface area (Å²) in [7, 11) is 1.64. The summed E-state index contributed by atoms with van der Waals surface area (Å²) in [5, 5.41) is 7.22. The minimum atomic E-state index is -0.342. The van der Waals surface area contributed by atoms with Crippen LogP contribution >= 0.6 is 0 Å². The summed E-state index contributed by atoms with van der Waals surface area (Å²) in [5.41, 5.74) is 1.80. The van der Waals surface area contributed by atoms with Crippen LogP contribution in [0.25, 0.3) is 11.0 Å². The molecule has 130 valence electrons. The Labute approximate surface area is 141 Å². The van der Waals surface area contributed by atoms with Gasteiger partial charge in [-0.3, -0.25) is 4.79 Å². The molecular formula is C18H24N2O4. The fourth-order valence-electron chi connectivity index (χ4n) is 3.16. The maximum absolute atomic E-state index is 12.5. The number of benzene rings is 1. The zero-order valence-corrected chi connectivity index (χ0v) is 14.5. The number of ether oxygens (including phenoxy) is 2. The highest BCUT2D eigenvalue weighted by Crippen LogP contribution is 2.32. The van der Waals surface area contributed by atoms with Crippen LogP contribution in [-0.4, -0.2) is 38.3 Å². The van der Waals surface area contributed by atoms with Gasteiger partial charge in [0.15, 0.2) is 0 Å². The van der Waals surface area contributed by atoms with Crippen molar-refractivity contribution >= 4 is 16.9 Å². The first-order chi connectivity index (χ1) is 11.5. The Kier molecular flexibility index (Phi) is 4.78. The predicted octanol–water partition coefficient (Wildman–Crippen LogP) is 2.30. The molecular weight excluding hydrogens is 308 g/mol. The maximum atomic E-state index is 12.5. The fraction of sp³-hybridized carbons (Fsp3) is 0.500. The molecule has 3 atom stereocenters. The molecule has 1 aromatic carbocycles. The number of hydrogen-bond donors (Lipinski definition) is 2. The van der Waals surface area contributed by atoms with Gasteiger partial charge in [-0.2, -0.15) is 0 Å². The number of rotatable bonds is 4. The highest BCUT2D eigenvalue weighted by Gasteiger charge is 2.30. The molecule has 6 heteroatoms. The molecule has 3 rings (SSSR count). The molecule has 1 aliphatic heterocycles. The molecule has 1 fully saturated rings. The molecule has 2 N–H and O–H groups in total. The van der Waals surface area contributed by atoms with E-state index in [1.54, 1.807) is 7.11 Å². The summed E-state index contributed by atoms with van der Waals surface area (Å²) in [5.74, 6) is 1.47. The van der Waals surface area contributed by atoms with Gasteiger partial charge in [0.05, 0.1) is 25.9 Å². The van der Waals surface area contributed by atoms with Gasteiger partial charge in [-0.05, 0) is 39.0 Å². The van der Waals surface area contributed by atoms with E-state index in [9.17, 15) is 4.79 Å². The Balaban J connectivity index is 1.79. The summed E-state index contributed by atoms with van der Waals surface area (Å²) in [6, 6.07) is 5.13. The topological polar surface area (TPSA) is 72.7 Å². The van der Waals surface area contributed by atoms with Crippen molar-refractivity contribution in [2.75, 3.05) is 20.3 Å². The third kappa shape index (κ3) is 3.12. The van der Waals surface area contributed by atoms with Crippen molar-refractivity contribution in [1.29, 1.82) is 0 Å². The van der Waals surface area contributed by atoms with E-state index < -0.39 is 0 Å². The van der Waals surface area contributed by atoms with Crippen LogP contribution in [0.15, 0.2) is 22.6 Å². The Bertz CT molecular complexity index is 740. The van der Waals surface area contributed by atoms with Crippen LogP contribution in [-0.2, 0) is 9.53 Å². The van der Waals surface area contributed by atoms with Gasteiger partial charge in [-0.25, -0.2) is 0 Å². The van der Waals surface area contributed by atoms with E-state index >= 15 is 0 Å². The average molecular weight is 332 g/mol. The first-order valence-corrected chi connectivity index (χ1v) is 8.23. The minimum Gasteiger partial charge on any atom is -0.497 e. The van der Waals surface area contributed by atoms with E-state index in [-0.39, 0.29) is 24.1 Å². The molecule has 1 saturated heterocycles. The molecule has 2 aromatic rings. The van der Waals surface area contributed by atoms with Crippen LogP contribution in [0.4, 0.5) is 0 Å². The van der Waals surface area contributed by atoms with Gasteiger partial charge in [0.1, 0.15) is 23.1 Å². The van der Waals surface area contributed by atoms with Crippen LogP contribution in [0.1, 0.15) is 31.2 Å². The van der Waals surface area contributed by atoms with E-state index in [1.165, 1.54) is 0 Å². The second-order valence-corrected chi connectivity index (χ2v) is 6.19. The second-order valence-electron chi connectivity index (χ2n) is 6.19. The highest BCUT2D eigenvalue weighted by molar-refractivity contribution is 5.85. The van der Waals surface area contributed by atoms with Crippen molar-refractivity contribution < 1.29 is 18.7 Å². The smallest absolute Gasteiger partial charge is 0.240 e. The van der Waals surface area contributed by atoms with E-state index in [1.807, 2.05) is 39.0 Å². The second kappa shape index (κ2) is 6.83. The van der Waals surface area contributed by atoms with Crippen LogP contribution < -0.4 is 15.4 Å². The Morgan fingerprint density at radius 1 is 1.46 bits per heavy atom. The zero-order chi connectivity index (χ0) is 17.3. The highest BCUT2D eigenvalue weighted by atomic mass is 16.5. The predicted molar refractivity (Wildman–Crippen MR) is 91.3 cm³/mol. The van der Waals surface area contributed by atoms with Gasteiger partial charge in [0.25, 0.3) is 0 Å². The molecule has 2 heterocycles. The van der Waals surface area contributed by atoms with E-state index in [0.717, 1.165) is 28.0 Å². The maximum Gasteiger partial charge on any atom is 0.240 e. The summed E-state index contributed by atoms with van der Waals surface area (Å²) in [6.45, 7) is 7.13. The summed E-state index contributed by atoms with van der Waals surface area (Å²) >= 11 is 0. The van der Waals surface area contributed by atoms with Crippen molar-refractivity contribution in [2.24, 2.45) is 0 Å². The lowest BCUT2D eigenvalue weighted by Gasteiger charge is -2.30. The normalized spacial score (nSPS) is 22.3. The lowest BCUT2D eigenvalue weighted by molar-refractivity contribution is -0.129. The fourth-order valence-corrected chi connectivity index (χ4v) is 3.16. The molecule has 0 spiro atoms. The largest absolute Gasteiger partial charge is 0.497 e. The first-order valence-electron chi connectivity index (χ1n) is 8.23. The van der Waals surface area contributed by atoms with E-state index in [2.05, 4.69) is 10.6 Å². The molecule has 6 nitrogen and oxygen atoms in total. The first kappa shape index (κ1) is 16.8. The molecule has 24 heavy (non-hydrogen) atoms. The number of hydrogen-bond acceptors (Lipinski definition) is 5. The van der Waals surface area contributed by atoms with Crippen molar-refractivity contribution in [3.05, 3.63) is 29.5 Å². The molecule has 0 bridgehead atoms. The lowest BCUT2D eigenvalue weighted by Crippen LogP contribution is -2.55. The Morgan fingerprint density at radius 3 is 2.96 bits per heavy atom. The Morgan fingerprint density at radius 2 is 2.25 bits per heavy atom. The van der Waals surface area contributed by atoms with E-state index in [4.69, 9.17) is 13.9 Å². The molecule has 1 aromatic heterocycles. The average Bonchev–Trinajstić information content (AvgIpc) is 2.91. The van der Waals surface area contributed by atoms with Gasteiger partial charge in [-0.1, -0.05) is 0 Å². The number of furan rings is 1. The molecule has 1 amide bonds. The SMILES string of the molecule is COc1ccc2oc(C(C)NC(=O)[C@H]3NCCO[C@@H]3C)c(C)c2c1. The Hall–Kier alpha value is -2.05. The van der Waals surface area contributed by atoms with Gasteiger partial charge in [0.2, 0.25) is 5.91 Å². The standard InChI is InChI=1S/C18H24N2O4/c1-10-14-9-13(22-4)5-6-15(14)24-17(10)11(2)20-18(21)16-12(3)23-8-7-19-16/h5-6,9,11-12,16,19H,7-8H2,1-4H3,(H,20,21)/t11?,12-,16+/m1/s1. The monoisotopic (exact) mass is 332 g/mol. The summed E-state index contributed by atoms with van der Waals surface area (Å²) in [4.78, 5) is 12.5. The van der Waals surface area contributed by atoms with Crippen molar-refractivity contribution in [1.82, 2.24) is 10.6 Å². The summed E-state index contributed by atoms with van der Waals surface area (Å²) in [6.07, 6.45) is -0.146. The molecule has 1 unspecified atom stereocenters. The van der Waals surface area contributed by atoms with Gasteiger partial charge < -0.3 is 24.5 Å². The van der Waals surface area contributed by atoms with Crippen molar-refractivity contribution in [3.8, 4) is 5.75 Å². The number of carbonyl (C=O) groups is 1. The number of aryl methyl sites for hydroxylation is 1. The molecule has 0 aliphatic carbocycles. The molecule has 1 aliphatic rings. The lowest BCUT2D eigenvalue weighted by atomic mass is 10.1. The number of amides is 1. The third-order valence-corrected chi connectivity index (χ3v) is 4.53. The number of carbonyl (C=O) groups excluding carboxylic acids is 1. The van der Waals surface area contributed by atoms with Crippen molar-refractivity contribution in [2.45, 2.75) is 39.0 Å². The van der Waals surface area contributed by atoms with Crippen LogP contribution in [0.5, 0.6) is 5.75 Å². The molecule has 0 radical (unpaired) electrons. The quantitative estimate of drug-likeness (QED) is 0.899. The third-order valence-electron chi connectivity index (χ3n) is 4.53. The van der Waals surface area contributed by atoms with Crippen LogP contribution in [0.3, 0.4) is 0 Å². The summed E-state index contributed by atoms with van der Waals surface area (Å²) < 4.78 is 16.8. The number of morpholine rings is 1. The number of methoxy groups -OCH3 is 1. The minimum absolute atomic E-state index is 0.0767. The van der Waals surface area contributed by atoms with Crippen LogP contribution in [0, 0.1) is 6.92 Å². The van der Waals surface area contributed by atoms with Crippen molar-refractivity contribution in [3.63, 3.8) is 0 Å². The number of fused-ring (bicyclic) bond motifs is 1. The van der Waals surface area contributed by atoms with Crippen LogP contribution in [0.2, 0.25) is 0 Å². The number of nitrogens with one attached hydrogen (secondary N) is 2. The molecule has 0 saturated carbocycles. The van der Waals surface area contributed by atoms with Gasteiger partial charge >= 0.3 is 0 Å². The van der Waals surface area contributed by atoms with Gasteiger partial charge in [-0.15, -0.1) is 0 Å². The van der Waals surface area contributed by atoms with Gasteiger partial charge in [0, 0.05) is 17.5 Å². The zero-order valence-electron chi connectivity index (χ0n) is 14.5. The van der Waals surface area contributed by atoms with E-state index in [0.29, 0.717) is 13.2 Å².